The Morgan fingerprint density at radius 1 is 1.06 bits per heavy atom. The molecular weight excluding hydrogens is 458 g/mol. The smallest absolute Gasteiger partial charge is 0.255 e. The molecule has 0 saturated carbocycles. The normalized spacial score (nSPS) is 19.4. The van der Waals surface area contributed by atoms with Crippen LogP contribution in [-0.2, 0) is 21.4 Å². The lowest BCUT2D eigenvalue weighted by Gasteiger charge is -2.27. The maximum absolute atomic E-state index is 13.3. The third-order valence-corrected chi connectivity index (χ3v) is 9.18. The molecule has 9 heteroatoms. The van der Waals surface area contributed by atoms with Crippen molar-refractivity contribution in [3.63, 3.8) is 0 Å². The summed E-state index contributed by atoms with van der Waals surface area (Å²) in [5, 5.41) is 2.92. The van der Waals surface area contributed by atoms with Gasteiger partial charge >= 0.3 is 0 Å². The number of carbonyl (C=O) groups excluding carboxylic acids is 2. The first-order valence-corrected chi connectivity index (χ1v) is 13.8. The molecule has 2 fully saturated rings. The standard InChI is InChI=1S/C24H29N3O4S2/c1-18-10-11-20(14-22(18)33(30,31)26-12-6-3-7-13-26)24(29)27-17-32-16-21(27)23(28)25-15-19-8-4-2-5-9-19/h2,4-5,8-11,14,21H,3,6-7,12-13,15-17H2,1H3,(H,25,28)/t21-/m1/s1. The molecule has 0 aromatic heterocycles. The van der Waals surface area contributed by atoms with Gasteiger partial charge in [-0.1, -0.05) is 42.8 Å². The molecule has 2 aliphatic rings. The summed E-state index contributed by atoms with van der Waals surface area (Å²) in [6.07, 6.45) is 2.73. The van der Waals surface area contributed by atoms with Crippen LogP contribution in [0.5, 0.6) is 0 Å². The van der Waals surface area contributed by atoms with E-state index in [-0.39, 0.29) is 16.7 Å². The SMILES string of the molecule is Cc1ccc(C(=O)N2CSC[C@@H]2C(=O)NCc2ccccc2)cc1S(=O)(=O)N1CCCCC1. The molecule has 0 aliphatic carbocycles. The summed E-state index contributed by atoms with van der Waals surface area (Å²) >= 11 is 1.52. The van der Waals surface area contributed by atoms with E-state index >= 15 is 0 Å². The number of benzene rings is 2. The molecule has 0 radical (unpaired) electrons. The Bertz CT molecular complexity index is 1120. The van der Waals surface area contributed by atoms with Gasteiger partial charge in [-0.05, 0) is 43.0 Å². The number of piperidine rings is 1. The Morgan fingerprint density at radius 2 is 1.79 bits per heavy atom. The minimum absolute atomic E-state index is 0.173. The Hall–Kier alpha value is -2.36. The molecule has 2 amide bonds. The van der Waals surface area contributed by atoms with E-state index in [1.54, 1.807) is 19.1 Å². The summed E-state index contributed by atoms with van der Waals surface area (Å²) < 4.78 is 28.0. The van der Waals surface area contributed by atoms with Gasteiger partial charge in [-0.2, -0.15) is 4.31 Å². The number of nitrogens with zero attached hydrogens (tertiary/aromatic N) is 2. The van der Waals surface area contributed by atoms with E-state index in [9.17, 15) is 18.0 Å². The van der Waals surface area contributed by atoms with Gasteiger partial charge in [0.05, 0.1) is 10.8 Å². The highest BCUT2D eigenvalue weighted by atomic mass is 32.2. The Balaban J connectivity index is 1.51. The number of rotatable bonds is 6. The highest BCUT2D eigenvalue weighted by molar-refractivity contribution is 7.99. The zero-order valence-electron chi connectivity index (χ0n) is 18.7. The van der Waals surface area contributed by atoms with Crippen molar-refractivity contribution in [3.05, 3.63) is 65.2 Å². The van der Waals surface area contributed by atoms with Gasteiger partial charge in [0.25, 0.3) is 5.91 Å². The first-order chi connectivity index (χ1) is 15.9. The van der Waals surface area contributed by atoms with Gasteiger partial charge in [0.1, 0.15) is 6.04 Å². The molecule has 2 aromatic carbocycles. The molecule has 2 aromatic rings. The molecule has 7 nitrogen and oxygen atoms in total. The minimum atomic E-state index is -3.66. The van der Waals surface area contributed by atoms with Gasteiger partial charge in [-0.3, -0.25) is 9.59 Å². The van der Waals surface area contributed by atoms with Crippen LogP contribution in [0.25, 0.3) is 0 Å². The minimum Gasteiger partial charge on any atom is -0.350 e. The van der Waals surface area contributed by atoms with Crippen molar-refractivity contribution in [1.82, 2.24) is 14.5 Å². The number of amides is 2. The predicted octanol–water partition coefficient (Wildman–Crippen LogP) is 3.00. The number of hydrogen-bond donors (Lipinski definition) is 1. The molecule has 2 saturated heterocycles. The highest BCUT2D eigenvalue weighted by Crippen LogP contribution is 2.27. The molecule has 1 N–H and O–H groups in total. The van der Waals surface area contributed by atoms with E-state index in [1.807, 2.05) is 30.3 Å². The zero-order valence-corrected chi connectivity index (χ0v) is 20.3. The van der Waals surface area contributed by atoms with Crippen LogP contribution in [0.15, 0.2) is 53.4 Å². The molecule has 176 valence electrons. The number of sulfonamides is 1. The lowest BCUT2D eigenvalue weighted by molar-refractivity contribution is -0.124. The van der Waals surface area contributed by atoms with Gasteiger partial charge < -0.3 is 10.2 Å². The summed E-state index contributed by atoms with van der Waals surface area (Å²) in [5.74, 6) is 0.377. The summed E-state index contributed by atoms with van der Waals surface area (Å²) in [5.41, 5.74) is 1.89. The van der Waals surface area contributed by atoms with E-state index in [0.29, 0.717) is 42.4 Å². The van der Waals surface area contributed by atoms with Crippen molar-refractivity contribution in [2.24, 2.45) is 0 Å². The fourth-order valence-corrected chi connectivity index (χ4v) is 7.11. The van der Waals surface area contributed by atoms with Gasteiger partial charge in [0.2, 0.25) is 15.9 Å². The van der Waals surface area contributed by atoms with Gasteiger partial charge in [0.15, 0.2) is 0 Å². The largest absolute Gasteiger partial charge is 0.350 e. The molecule has 4 rings (SSSR count). The predicted molar refractivity (Wildman–Crippen MR) is 129 cm³/mol. The van der Waals surface area contributed by atoms with Crippen molar-refractivity contribution in [2.75, 3.05) is 24.7 Å². The third kappa shape index (κ3) is 5.26. The number of thioether (sulfide) groups is 1. The molecule has 0 unspecified atom stereocenters. The van der Waals surface area contributed by atoms with E-state index in [4.69, 9.17) is 0 Å². The molecule has 2 heterocycles. The lowest BCUT2D eigenvalue weighted by Crippen LogP contribution is -2.47. The maximum Gasteiger partial charge on any atom is 0.255 e. The number of nitrogens with one attached hydrogen (secondary N) is 1. The van der Waals surface area contributed by atoms with Gasteiger partial charge in [0, 0.05) is 31.0 Å². The van der Waals surface area contributed by atoms with Crippen LogP contribution in [-0.4, -0.2) is 60.2 Å². The zero-order chi connectivity index (χ0) is 23.4. The number of aryl methyl sites for hydroxylation is 1. The molecule has 0 spiro atoms. The van der Waals surface area contributed by atoms with Crippen molar-refractivity contribution < 1.29 is 18.0 Å². The fourth-order valence-electron chi connectivity index (χ4n) is 4.18. The van der Waals surface area contributed by atoms with E-state index in [0.717, 1.165) is 24.8 Å². The van der Waals surface area contributed by atoms with Crippen LogP contribution >= 0.6 is 11.8 Å². The van der Waals surface area contributed by atoms with Crippen LogP contribution in [0, 0.1) is 6.92 Å². The van der Waals surface area contributed by atoms with Crippen LogP contribution in [0.1, 0.15) is 40.7 Å². The topological polar surface area (TPSA) is 86.8 Å². The molecule has 2 aliphatic heterocycles. The Morgan fingerprint density at radius 3 is 2.52 bits per heavy atom. The first kappa shape index (κ1) is 23.8. The summed E-state index contributed by atoms with van der Waals surface area (Å²) in [7, 11) is -3.66. The van der Waals surface area contributed by atoms with Crippen LogP contribution in [0.3, 0.4) is 0 Å². The summed E-state index contributed by atoms with van der Waals surface area (Å²) in [6.45, 7) is 3.15. The second-order valence-corrected chi connectivity index (χ2v) is 11.3. The van der Waals surface area contributed by atoms with Crippen LogP contribution in [0.2, 0.25) is 0 Å². The Kier molecular flexibility index (Phi) is 7.41. The monoisotopic (exact) mass is 487 g/mol. The number of hydrogen-bond acceptors (Lipinski definition) is 5. The van der Waals surface area contributed by atoms with Crippen molar-refractivity contribution >= 4 is 33.6 Å². The second-order valence-electron chi connectivity index (χ2n) is 8.44. The fraction of sp³-hybridized carbons (Fsp3) is 0.417. The quantitative estimate of drug-likeness (QED) is 0.677. The van der Waals surface area contributed by atoms with Crippen LogP contribution in [0.4, 0.5) is 0 Å². The molecule has 1 atom stereocenters. The molecule has 33 heavy (non-hydrogen) atoms. The summed E-state index contributed by atoms with van der Waals surface area (Å²) in [6, 6.07) is 13.8. The average molecular weight is 488 g/mol. The lowest BCUT2D eigenvalue weighted by atomic mass is 10.1. The third-order valence-electron chi connectivity index (χ3n) is 6.12. The van der Waals surface area contributed by atoms with Crippen LogP contribution < -0.4 is 5.32 Å². The second kappa shape index (κ2) is 10.3. The van der Waals surface area contributed by atoms with Gasteiger partial charge in [-0.25, -0.2) is 8.42 Å². The molecule has 0 bridgehead atoms. The Labute approximate surface area is 199 Å². The molecular formula is C24H29N3O4S2. The van der Waals surface area contributed by atoms with E-state index in [1.165, 1.54) is 27.0 Å². The first-order valence-electron chi connectivity index (χ1n) is 11.2. The van der Waals surface area contributed by atoms with Crippen molar-refractivity contribution in [2.45, 2.75) is 43.7 Å². The van der Waals surface area contributed by atoms with Gasteiger partial charge in [-0.15, -0.1) is 11.8 Å². The van der Waals surface area contributed by atoms with E-state index in [2.05, 4.69) is 5.32 Å². The number of carbonyl (C=O) groups is 2. The average Bonchev–Trinajstić information content (AvgIpc) is 3.33. The van der Waals surface area contributed by atoms with Crippen molar-refractivity contribution in [1.29, 1.82) is 0 Å². The maximum atomic E-state index is 13.3. The van der Waals surface area contributed by atoms with E-state index < -0.39 is 16.1 Å². The van der Waals surface area contributed by atoms with Crippen molar-refractivity contribution in [3.8, 4) is 0 Å². The summed E-state index contributed by atoms with van der Waals surface area (Å²) in [4.78, 5) is 27.9. The highest BCUT2D eigenvalue weighted by Gasteiger charge is 2.36.